The maximum atomic E-state index is 11.0. The second-order valence-electron chi connectivity index (χ2n) is 5.52. The second kappa shape index (κ2) is 6.22. The zero-order valence-corrected chi connectivity index (χ0v) is 13.7. The summed E-state index contributed by atoms with van der Waals surface area (Å²) in [4.78, 5) is 2.04. The first kappa shape index (κ1) is 15.8. The van der Waals surface area contributed by atoms with Gasteiger partial charge in [-0.25, -0.2) is 0 Å². The minimum atomic E-state index is -3.95. The number of anilines is 2. The highest BCUT2D eigenvalue weighted by Gasteiger charge is 2.24. The summed E-state index contributed by atoms with van der Waals surface area (Å²) < 4.78 is 36.8. The largest absolute Gasteiger partial charge is 0.453 e. The molecule has 5 nitrogen and oxygen atoms in total. The van der Waals surface area contributed by atoms with Gasteiger partial charge in [-0.2, -0.15) is 8.42 Å². The van der Waals surface area contributed by atoms with Crippen molar-refractivity contribution in [2.24, 2.45) is 0 Å². The molecule has 2 aromatic rings. The SMILES string of the molecule is CCc1ccc2c(c1)Oc1ccccc1N2CCCS(=O)(=O)O. The zero-order chi connectivity index (χ0) is 16.4. The van der Waals surface area contributed by atoms with Crippen LogP contribution in [0.5, 0.6) is 11.5 Å². The molecule has 1 heterocycles. The van der Waals surface area contributed by atoms with Crippen LogP contribution < -0.4 is 9.64 Å². The third-order valence-electron chi connectivity index (χ3n) is 3.88. The number of benzene rings is 2. The smallest absolute Gasteiger partial charge is 0.264 e. The highest BCUT2D eigenvalue weighted by atomic mass is 32.2. The predicted octanol–water partition coefficient (Wildman–Crippen LogP) is 3.77. The molecule has 0 aromatic heterocycles. The van der Waals surface area contributed by atoms with E-state index in [9.17, 15) is 8.42 Å². The van der Waals surface area contributed by atoms with Crippen molar-refractivity contribution < 1.29 is 17.7 Å². The van der Waals surface area contributed by atoms with Gasteiger partial charge in [0, 0.05) is 6.54 Å². The molecule has 1 aliphatic heterocycles. The van der Waals surface area contributed by atoms with Gasteiger partial charge >= 0.3 is 0 Å². The fourth-order valence-electron chi connectivity index (χ4n) is 2.74. The molecule has 0 radical (unpaired) electrons. The average Bonchev–Trinajstić information content (AvgIpc) is 2.52. The van der Waals surface area contributed by atoms with Gasteiger partial charge in [-0.15, -0.1) is 0 Å². The fourth-order valence-corrected chi connectivity index (χ4v) is 3.24. The Kier molecular flexibility index (Phi) is 4.28. The van der Waals surface area contributed by atoms with Crippen LogP contribution >= 0.6 is 0 Å². The van der Waals surface area contributed by atoms with Crippen molar-refractivity contribution in [1.29, 1.82) is 0 Å². The van der Waals surface area contributed by atoms with E-state index >= 15 is 0 Å². The van der Waals surface area contributed by atoms with Crippen LogP contribution in [-0.4, -0.2) is 25.3 Å². The number of rotatable bonds is 5. The maximum Gasteiger partial charge on any atom is 0.264 e. The first-order valence-corrected chi connectivity index (χ1v) is 9.21. The number of nitrogens with zero attached hydrogens (tertiary/aromatic N) is 1. The highest BCUT2D eigenvalue weighted by Crippen LogP contribution is 2.46. The molecule has 3 rings (SSSR count). The van der Waals surface area contributed by atoms with E-state index in [1.54, 1.807) is 0 Å². The summed E-state index contributed by atoms with van der Waals surface area (Å²) in [5.74, 6) is 1.27. The minimum absolute atomic E-state index is 0.255. The number of para-hydroxylation sites is 2. The van der Waals surface area contributed by atoms with Crippen LogP contribution in [0.3, 0.4) is 0 Å². The van der Waals surface area contributed by atoms with E-state index in [-0.39, 0.29) is 5.75 Å². The number of ether oxygens (including phenoxy) is 1. The molecule has 0 aliphatic carbocycles. The van der Waals surface area contributed by atoms with Crippen molar-refractivity contribution in [3.8, 4) is 11.5 Å². The Morgan fingerprint density at radius 2 is 1.83 bits per heavy atom. The predicted molar refractivity (Wildman–Crippen MR) is 90.4 cm³/mol. The molecule has 0 unspecified atom stereocenters. The van der Waals surface area contributed by atoms with Gasteiger partial charge in [0.2, 0.25) is 0 Å². The summed E-state index contributed by atoms with van der Waals surface area (Å²) in [6.45, 7) is 2.57. The van der Waals surface area contributed by atoms with Gasteiger partial charge in [-0.1, -0.05) is 25.1 Å². The molecule has 0 amide bonds. The van der Waals surface area contributed by atoms with E-state index in [0.29, 0.717) is 13.0 Å². The Morgan fingerprint density at radius 3 is 2.57 bits per heavy atom. The first-order chi connectivity index (χ1) is 11.0. The molecule has 0 spiro atoms. The van der Waals surface area contributed by atoms with Crippen molar-refractivity contribution in [1.82, 2.24) is 0 Å². The molecule has 0 fully saturated rings. The Morgan fingerprint density at radius 1 is 1.09 bits per heavy atom. The summed E-state index contributed by atoms with van der Waals surface area (Å²) >= 11 is 0. The lowest BCUT2D eigenvalue weighted by Crippen LogP contribution is -2.24. The molecule has 0 saturated carbocycles. The summed E-state index contributed by atoms with van der Waals surface area (Å²) in [5.41, 5.74) is 3.00. The first-order valence-electron chi connectivity index (χ1n) is 7.60. The Hall–Kier alpha value is -2.05. The lowest BCUT2D eigenvalue weighted by Gasteiger charge is -2.33. The molecule has 0 saturated heterocycles. The van der Waals surface area contributed by atoms with E-state index in [1.165, 1.54) is 5.56 Å². The molecule has 0 bridgehead atoms. The molecule has 1 N–H and O–H groups in total. The number of hydrogen-bond donors (Lipinski definition) is 1. The van der Waals surface area contributed by atoms with Crippen molar-refractivity contribution >= 4 is 21.5 Å². The molecule has 23 heavy (non-hydrogen) atoms. The normalized spacial score (nSPS) is 13.2. The van der Waals surface area contributed by atoms with Crippen LogP contribution in [0.1, 0.15) is 18.9 Å². The van der Waals surface area contributed by atoms with Crippen molar-refractivity contribution in [2.75, 3.05) is 17.2 Å². The van der Waals surface area contributed by atoms with E-state index in [0.717, 1.165) is 29.3 Å². The van der Waals surface area contributed by atoms with Gasteiger partial charge in [0.05, 0.1) is 17.1 Å². The standard InChI is InChI=1S/C17H19NO4S/c1-2-13-8-9-15-17(12-13)22-16-7-4-3-6-14(16)18(15)10-5-11-23(19,20)21/h3-4,6-9,12H,2,5,10-11H2,1H3,(H,19,20,21). The monoisotopic (exact) mass is 333 g/mol. The van der Waals surface area contributed by atoms with Crippen LogP contribution in [0.4, 0.5) is 11.4 Å². The molecule has 6 heteroatoms. The topological polar surface area (TPSA) is 66.8 Å². The van der Waals surface area contributed by atoms with Crippen molar-refractivity contribution in [3.63, 3.8) is 0 Å². The summed E-state index contributed by atoms with van der Waals surface area (Å²) in [6.07, 6.45) is 1.25. The average molecular weight is 333 g/mol. The van der Waals surface area contributed by atoms with E-state index in [1.807, 2.05) is 47.4 Å². The Bertz CT molecular complexity index is 817. The summed E-state index contributed by atoms with van der Waals surface area (Å²) in [5, 5.41) is 0. The van der Waals surface area contributed by atoms with Gasteiger partial charge in [0.25, 0.3) is 10.1 Å². The van der Waals surface area contributed by atoms with Gasteiger partial charge in [0.15, 0.2) is 11.5 Å². The molecule has 2 aromatic carbocycles. The van der Waals surface area contributed by atoms with Gasteiger partial charge in [-0.05, 0) is 42.7 Å². The summed E-state index contributed by atoms with van der Waals surface area (Å²) in [6, 6.07) is 13.7. The van der Waals surface area contributed by atoms with Crippen LogP contribution in [0.2, 0.25) is 0 Å². The van der Waals surface area contributed by atoms with Crippen LogP contribution in [0, 0.1) is 0 Å². The Labute approximate surface area is 136 Å². The molecule has 1 aliphatic rings. The van der Waals surface area contributed by atoms with Crippen LogP contribution in [-0.2, 0) is 16.5 Å². The third kappa shape index (κ3) is 3.48. The van der Waals surface area contributed by atoms with Crippen LogP contribution in [0.25, 0.3) is 0 Å². The summed E-state index contributed by atoms with van der Waals surface area (Å²) in [7, 11) is -3.95. The van der Waals surface area contributed by atoms with Gasteiger partial charge in [0.1, 0.15) is 0 Å². The molecular weight excluding hydrogens is 314 g/mol. The number of aryl methyl sites for hydroxylation is 1. The van der Waals surface area contributed by atoms with Crippen molar-refractivity contribution in [3.05, 3.63) is 48.0 Å². The van der Waals surface area contributed by atoms with E-state index in [4.69, 9.17) is 9.29 Å². The molecular formula is C17H19NO4S. The number of hydrogen-bond acceptors (Lipinski definition) is 4. The van der Waals surface area contributed by atoms with Crippen LogP contribution in [0.15, 0.2) is 42.5 Å². The maximum absolute atomic E-state index is 11.0. The van der Waals surface area contributed by atoms with Gasteiger partial charge in [-0.3, -0.25) is 4.55 Å². The lowest BCUT2D eigenvalue weighted by molar-refractivity contribution is 0.471. The minimum Gasteiger partial charge on any atom is -0.453 e. The zero-order valence-electron chi connectivity index (χ0n) is 12.9. The van der Waals surface area contributed by atoms with Crippen molar-refractivity contribution in [2.45, 2.75) is 19.8 Å². The van der Waals surface area contributed by atoms with E-state index in [2.05, 4.69) is 6.92 Å². The fraction of sp³-hybridized carbons (Fsp3) is 0.294. The van der Waals surface area contributed by atoms with E-state index < -0.39 is 10.1 Å². The molecule has 0 atom stereocenters. The molecule has 122 valence electrons. The third-order valence-corrected chi connectivity index (χ3v) is 4.69. The number of fused-ring (bicyclic) bond motifs is 2. The lowest BCUT2D eigenvalue weighted by atomic mass is 10.1. The highest BCUT2D eigenvalue weighted by molar-refractivity contribution is 7.85. The second-order valence-corrected chi connectivity index (χ2v) is 7.09. The quantitative estimate of drug-likeness (QED) is 0.844. The Balaban J connectivity index is 1.94. The van der Waals surface area contributed by atoms with Gasteiger partial charge < -0.3 is 9.64 Å².